The van der Waals surface area contributed by atoms with Crippen LogP contribution >= 0.6 is 11.6 Å². The maximum absolute atomic E-state index is 12.2. The second kappa shape index (κ2) is 4.75. The molecule has 0 bridgehead atoms. The number of aromatic nitrogens is 2. The molecule has 1 heterocycles. The van der Waals surface area contributed by atoms with E-state index in [0.29, 0.717) is 11.3 Å². The molecule has 0 fully saturated rings. The topological polar surface area (TPSA) is 84.2 Å². The lowest BCUT2D eigenvalue weighted by atomic mass is 10.2. The maximum atomic E-state index is 12.2. The normalized spacial score (nSPS) is 11.5. The molecule has 0 saturated carbocycles. The Morgan fingerprint density at radius 2 is 2.11 bits per heavy atom. The summed E-state index contributed by atoms with van der Waals surface area (Å²) in [5, 5.41) is 13.1. The van der Waals surface area contributed by atoms with Gasteiger partial charge >= 0.3 is 0 Å². The van der Waals surface area contributed by atoms with E-state index in [9.17, 15) is 13.5 Å². The summed E-state index contributed by atoms with van der Waals surface area (Å²) in [6.07, 6.45) is 1.26. The monoisotopic (exact) mass is 301 g/mol. The number of halogens is 1. The largest absolute Gasteiger partial charge is 0.508 e. The van der Waals surface area contributed by atoms with E-state index >= 15 is 0 Å². The van der Waals surface area contributed by atoms with E-state index in [-0.39, 0.29) is 15.8 Å². The average Bonchev–Trinajstić information content (AvgIpc) is 2.64. The number of phenols is 1. The number of nitrogens with one attached hydrogen (secondary N) is 1. The molecule has 2 N–H and O–H groups in total. The Hall–Kier alpha value is -1.73. The minimum absolute atomic E-state index is 0.0468. The van der Waals surface area contributed by atoms with Crippen molar-refractivity contribution >= 4 is 27.3 Å². The molecular formula is C11H12ClN3O3S. The highest BCUT2D eigenvalue weighted by Crippen LogP contribution is 2.25. The van der Waals surface area contributed by atoms with Gasteiger partial charge in [-0.05, 0) is 30.7 Å². The van der Waals surface area contributed by atoms with Crippen molar-refractivity contribution in [1.82, 2.24) is 9.78 Å². The Labute approximate surface area is 115 Å². The summed E-state index contributed by atoms with van der Waals surface area (Å²) in [7, 11) is -2.34. The minimum atomic E-state index is -3.82. The zero-order valence-corrected chi connectivity index (χ0v) is 11.8. The van der Waals surface area contributed by atoms with Gasteiger partial charge < -0.3 is 5.11 Å². The first-order valence-electron chi connectivity index (χ1n) is 5.31. The Morgan fingerprint density at radius 3 is 2.63 bits per heavy atom. The number of benzene rings is 1. The Morgan fingerprint density at radius 1 is 1.42 bits per heavy atom. The van der Waals surface area contributed by atoms with Crippen molar-refractivity contribution in [3.8, 4) is 5.75 Å². The van der Waals surface area contributed by atoms with Crippen LogP contribution in [0, 0.1) is 6.92 Å². The van der Waals surface area contributed by atoms with Crippen molar-refractivity contribution in [3.05, 3.63) is 35.0 Å². The lowest BCUT2D eigenvalue weighted by Gasteiger charge is -2.09. The fraction of sp³-hybridized carbons (Fsp3) is 0.182. The molecule has 0 atom stereocenters. The third-order valence-corrected chi connectivity index (χ3v) is 4.43. The molecule has 8 heteroatoms. The predicted octanol–water partition coefficient (Wildman–Crippen LogP) is 1.89. The molecular weight excluding hydrogens is 290 g/mol. The standard InChI is InChI=1S/C11H12ClN3O3S/c1-7-5-8(3-4-10(7)16)14-19(17,18)11-9(12)6-13-15(11)2/h3-6,14,16H,1-2H3. The van der Waals surface area contributed by atoms with Gasteiger partial charge in [0.05, 0.1) is 11.2 Å². The molecule has 1 aromatic carbocycles. The number of sulfonamides is 1. The first kappa shape index (κ1) is 13.7. The first-order valence-corrected chi connectivity index (χ1v) is 7.17. The number of hydrogen-bond donors (Lipinski definition) is 2. The molecule has 102 valence electrons. The zero-order valence-electron chi connectivity index (χ0n) is 10.3. The van der Waals surface area contributed by atoms with E-state index in [2.05, 4.69) is 9.82 Å². The van der Waals surface area contributed by atoms with Gasteiger partial charge in [0, 0.05) is 12.7 Å². The van der Waals surface area contributed by atoms with Crippen LogP contribution in [0.5, 0.6) is 5.75 Å². The Bertz CT molecular complexity index is 705. The number of anilines is 1. The summed E-state index contributed by atoms with van der Waals surface area (Å²) in [6.45, 7) is 1.67. The molecule has 0 aliphatic heterocycles. The lowest BCUT2D eigenvalue weighted by molar-refractivity contribution is 0.471. The number of phenolic OH excluding ortho intramolecular Hbond substituents is 1. The highest BCUT2D eigenvalue weighted by atomic mass is 35.5. The molecule has 0 saturated heterocycles. The van der Waals surface area contributed by atoms with E-state index in [4.69, 9.17) is 11.6 Å². The molecule has 0 aliphatic rings. The molecule has 0 aliphatic carbocycles. The van der Waals surface area contributed by atoms with Gasteiger partial charge in [0.2, 0.25) is 0 Å². The van der Waals surface area contributed by atoms with Gasteiger partial charge in [-0.2, -0.15) is 13.5 Å². The summed E-state index contributed by atoms with van der Waals surface area (Å²) in [6, 6.07) is 4.40. The summed E-state index contributed by atoms with van der Waals surface area (Å²) in [4.78, 5) is 0. The summed E-state index contributed by atoms with van der Waals surface area (Å²) < 4.78 is 27.9. The number of aryl methyl sites for hydroxylation is 2. The van der Waals surface area contributed by atoms with E-state index in [0.717, 1.165) is 0 Å². The molecule has 6 nitrogen and oxygen atoms in total. The van der Waals surface area contributed by atoms with Crippen molar-refractivity contribution in [1.29, 1.82) is 0 Å². The number of rotatable bonds is 3. The van der Waals surface area contributed by atoms with Crippen molar-refractivity contribution in [2.24, 2.45) is 7.05 Å². The van der Waals surface area contributed by atoms with E-state index in [1.54, 1.807) is 6.92 Å². The van der Waals surface area contributed by atoms with Crippen molar-refractivity contribution in [3.63, 3.8) is 0 Å². The van der Waals surface area contributed by atoms with E-state index in [1.165, 1.54) is 36.1 Å². The van der Waals surface area contributed by atoms with Crippen LogP contribution in [0.2, 0.25) is 5.02 Å². The van der Waals surface area contributed by atoms with Crippen molar-refractivity contribution in [2.45, 2.75) is 11.9 Å². The highest BCUT2D eigenvalue weighted by Gasteiger charge is 2.22. The zero-order chi connectivity index (χ0) is 14.2. The van der Waals surface area contributed by atoms with Crippen LogP contribution in [0.3, 0.4) is 0 Å². The number of aromatic hydroxyl groups is 1. The third kappa shape index (κ3) is 2.66. The first-order chi connectivity index (χ1) is 8.81. The lowest BCUT2D eigenvalue weighted by Crippen LogP contribution is -2.17. The van der Waals surface area contributed by atoms with E-state index in [1.807, 2.05) is 0 Å². The average molecular weight is 302 g/mol. The Balaban J connectivity index is 2.39. The second-order valence-corrected chi connectivity index (χ2v) is 6.03. The van der Waals surface area contributed by atoms with Gasteiger partial charge in [0.25, 0.3) is 10.0 Å². The van der Waals surface area contributed by atoms with Crippen molar-refractivity contribution in [2.75, 3.05) is 4.72 Å². The van der Waals surface area contributed by atoms with Crippen LogP contribution in [0.15, 0.2) is 29.4 Å². The van der Waals surface area contributed by atoms with Gasteiger partial charge in [0.1, 0.15) is 5.75 Å². The third-order valence-electron chi connectivity index (χ3n) is 2.55. The van der Waals surface area contributed by atoms with Gasteiger partial charge in [-0.15, -0.1) is 0 Å². The number of hydrogen-bond acceptors (Lipinski definition) is 4. The molecule has 2 rings (SSSR count). The number of nitrogens with zero attached hydrogens (tertiary/aromatic N) is 2. The van der Waals surface area contributed by atoms with Crippen molar-refractivity contribution < 1.29 is 13.5 Å². The van der Waals surface area contributed by atoms with Gasteiger partial charge in [-0.1, -0.05) is 11.6 Å². The Kier molecular flexibility index (Phi) is 3.42. The van der Waals surface area contributed by atoms with E-state index < -0.39 is 10.0 Å². The molecule has 2 aromatic rings. The molecule has 0 unspecified atom stereocenters. The smallest absolute Gasteiger partial charge is 0.280 e. The summed E-state index contributed by atoms with van der Waals surface area (Å²) in [5.74, 6) is 0.0986. The molecule has 1 aromatic heterocycles. The molecule has 0 spiro atoms. The predicted molar refractivity (Wildman–Crippen MR) is 71.9 cm³/mol. The van der Waals surface area contributed by atoms with Crippen LogP contribution in [0.1, 0.15) is 5.56 Å². The molecule has 19 heavy (non-hydrogen) atoms. The summed E-state index contributed by atoms with van der Waals surface area (Å²) >= 11 is 5.81. The van der Waals surface area contributed by atoms with Gasteiger partial charge in [0.15, 0.2) is 5.03 Å². The minimum Gasteiger partial charge on any atom is -0.508 e. The van der Waals surface area contributed by atoms with Crippen LogP contribution in [0.4, 0.5) is 5.69 Å². The quantitative estimate of drug-likeness (QED) is 0.848. The fourth-order valence-electron chi connectivity index (χ4n) is 1.62. The fourth-order valence-corrected chi connectivity index (χ4v) is 3.33. The van der Waals surface area contributed by atoms with Crippen LogP contribution < -0.4 is 4.72 Å². The van der Waals surface area contributed by atoms with Gasteiger partial charge in [-0.25, -0.2) is 0 Å². The SMILES string of the molecule is Cc1cc(NS(=O)(=O)c2c(Cl)cnn2C)ccc1O. The second-order valence-electron chi connectivity index (χ2n) is 4.03. The van der Waals surface area contributed by atoms with Crippen LogP contribution in [-0.4, -0.2) is 23.3 Å². The molecule has 0 radical (unpaired) electrons. The maximum Gasteiger partial charge on any atom is 0.280 e. The van der Waals surface area contributed by atoms with Gasteiger partial charge in [-0.3, -0.25) is 9.40 Å². The summed E-state index contributed by atoms with van der Waals surface area (Å²) in [5.41, 5.74) is 0.906. The molecule has 0 amide bonds. The highest BCUT2D eigenvalue weighted by molar-refractivity contribution is 7.92. The van der Waals surface area contributed by atoms with Crippen LogP contribution in [0.25, 0.3) is 0 Å². The van der Waals surface area contributed by atoms with Crippen LogP contribution in [-0.2, 0) is 17.1 Å².